The zero-order valence-corrected chi connectivity index (χ0v) is 18.0. The van der Waals surface area contributed by atoms with Crippen LogP contribution >= 0.6 is 11.3 Å². The Kier molecular flexibility index (Phi) is 5.92. The number of benzene rings is 2. The van der Waals surface area contributed by atoms with Crippen molar-refractivity contribution < 1.29 is 19.1 Å². The molecule has 0 saturated heterocycles. The normalized spacial score (nSPS) is 12.9. The Morgan fingerprint density at radius 1 is 1.10 bits per heavy atom. The molecule has 1 aliphatic heterocycles. The van der Waals surface area contributed by atoms with E-state index in [-0.39, 0.29) is 29.8 Å². The Hall–Kier alpha value is -3.36. The molecule has 0 spiro atoms. The third-order valence-corrected chi connectivity index (χ3v) is 6.14. The zero-order valence-electron chi connectivity index (χ0n) is 17.2. The zero-order chi connectivity index (χ0) is 22.0. The summed E-state index contributed by atoms with van der Waals surface area (Å²) in [6.45, 7) is 2.63. The Morgan fingerprint density at radius 3 is 2.58 bits per heavy atom. The van der Waals surface area contributed by atoms with Gasteiger partial charge < -0.3 is 4.74 Å². The number of amides is 3. The van der Waals surface area contributed by atoms with E-state index in [2.05, 4.69) is 10.3 Å². The summed E-state index contributed by atoms with van der Waals surface area (Å²) in [6, 6.07) is 14.4. The highest BCUT2D eigenvalue weighted by atomic mass is 32.1. The maximum Gasteiger partial charge on any atom is 0.261 e. The van der Waals surface area contributed by atoms with Gasteiger partial charge in [-0.1, -0.05) is 41.7 Å². The van der Waals surface area contributed by atoms with Crippen LogP contribution in [0.25, 0.3) is 10.4 Å². The molecule has 3 amide bonds. The molecule has 1 aromatic heterocycles. The molecule has 3 aromatic rings. The topological polar surface area (TPSA) is 88.6 Å². The molecule has 4 rings (SSSR count). The molecular formula is C23H21N3O4S. The van der Waals surface area contributed by atoms with Crippen LogP contribution in [0.4, 0.5) is 5.13 Å². The maximum absolute atomic E-state index is 12.8. The summed E-state index contributed by atoms with van der Waals surface area (Å²) in [5.41, 5.74) is 2.72. The lowest BCUT2D eigenvalue weighted by molar-refractivity contribution is 0.0638. The van der Waals surface area contributed by atoms with Gasteiger partial charge in [0.1, 0.15) is 0 Å². The second-order valence-electron chi connectivity index (χ2n) is 7.12. The number of methoxy groups -OCH3 is 1. The van der Waals surface area contributed by atoms with Crippen LogP contribution in [0.15, 0.2) is 48.5 Å². The molecule has 0 aliphatic carbocycles. The third-order valence-electron chi connectivity index (χ3n) is 5.02. The molecular weight excluding hydrogens is 414 g/mol. The van der Waals surface area contributed by atoms with E-state index >= 15 is 0 Å². The van der Waals surface area contributed by atoms with Gasteiger partial charge >= 0.3 is 0 Å². The van der Waals surface area contributed by atoms with Gasteiger partial charge in [0.2, 0.25) is 0 Å². The van der Waals surface area contributed by atoms with E-state index in [4.69, 9.17) is 4.74 Å². The molecule has 2 aromatic carbocycles. The standard InChI is InChI=1S/C23H21N3O4S/c1-14-19(15-7-4-3-5-8-15)31-23(24-14)25-20(27)16-9-10-17-18(13-16)22(29)26(21(17)28)11-6-12-30-2/h3-5,7-10,13H,6,11-12H2,1-2H3,(H,24,25,27). The Labute approximate surface area is 183 Å². The number of thiazole rings is 1. The second-order valence-corrected chi connectivity index (χ2v) is 8.12. The Morgan fingerprint density at radius 2 is 1.84 bits per heavy atom. The van der Waals surface area contributed by atoms with Crippen LogP contribution in [0.5, 0.6) is 0 Å². The van der Waals surface area contributed by atoms with Gasteiger partial charge in [0.05, 0.1) is 21.7 Å². The van der Waals surface area contributed by atoms with Gasteiger partial charge in [-0.05, 0) is 37.1 Å². The molecule has 2 heterocycles. The number of fused-ring (bicyclic) bond motifs is 1. The first-order valence-corrected chi connectivity index (χ1v) is 10.6. The maximum atomic E-state index is 12.8. The number of carbonyl (C=O) groups is 3. The largest absolute Gasteiger partial charge is 0.385 e. The summed E-state index contributed by atoms with van der Waals surface area (Å²) in [5.74, 6) is -1.11. The summed E-state index contributed by atoms with van der Waals surface area (Å²) in [5, 5.41) is 3.28. The number of nitrogens with zero attached hydrogens (tertiary/aromatic N) is 2. The van der Waals surface area contributed by atoms with Gasteiger partial charge in [0.15, 0.2) is 5.13 Å². The molecule has 0 bridgehead atoms. The van der Waals surface area contributed by atoms with Crippen molar-refractivity contribution in [3.8, 4) is 10.4 Å². The molecule has 0 fully saturated rings. The van der Waals surface area contributed by atoms with Crippen molar-refractivity contribution in [2.24, 2.45) is 0 Å². The van der Waals surface area contributed by atoms with Crippen LogP contribution in [-0.4, -0.2) is 47.9 Å². The van der Waals surface area contributed by atoms with Crippen LogP contribution in [0.2, 0.25) is 0 Å². The van der Waals surface area contributed by atoms with Crippen LogP contribution in [0.3, 0.4) is 0 Å². The van der Waals surface area contributed by atoms with Crippen LogP contribution in [0, 0.1) is 6.92 Å². The van der Waals surface area contributed by atoms with Crippen molar-refractivity contribution >= 4 is 34.2 Å². The fourth-order valence-electron chi connectivity index (χ4n) is 3.48. The third kappa shape index (κ3) is 4.12. The minimum Gasteiger partial charge on any atom is -0.385 e. The molecule has 0 saturated carbocycles. The van der Waals surface area contributed by atoms with E-state index in [1.165, 1.54) is 28.4 Å². The SMILES string of the molecule is COCCCN1C(=O)c2ccc(C(=O)Nc3nc(C)c(-c4ccccc4)s3)cc2C1=O. The highest BCUT2D eigenvalue weighted by molar-refractivity contribution is 7.19. The van der Waals surface area contributed by atoms with Gasteiger partial charge in [-0.3, -0.25) is 24.6 Å². The van der Waals surface area contributed by atoms with Gasteiger partial charge in [-0.25, -0.2) is 4.98 Å². The lowest BCUT2D eigenvalue weighted by Crippen LogP contribution is -2.31. The number of nitrogens with one attached hydrogen (secondary N) is 1. The van der Waals surface area contributed by atoms with Gasteiger partial charge in [0, 0.05) is 25.8 Å². The van der Waals surface area contributed by atoms with Crippen LogP contribution < -0.4 is 5.32 Å². The van der Waals surface area contributed by atoms with Gasteiger partial charge in [-0.2, -0.15) is 0 Å². The number of aromatic nitrogens is 1. The molecule has 158 valence electrons. The summed E-state index contributed by atoms with van der Waals surface area (Å²) < 4.78 is 4.99. The van der Waals surface area contributed by atoms with Crippen LogP contribution in [-0.2, 0) is 4.74 Å². The van der Waals surface area contributed by atoms with Crippen molar-refractivity contribution in [2.45, 2.75) is 13.3 Å². The quantitative estimate of drug-likeness (QED) is 0.448. The Balaban J connectivity index is 1.52. The highest BCUT2D eigenvalue weighted by Crippen LogP contribution is 2.33. The second kappa shape index (κ2) is 8.79. The van der Waals surface area contributed by atoms with E-state index in [1.54, 1.807) is 13.2 Å². The van der Waals surface area contributed by atoms with Crippen LogP contribution in [0.1, 0.15) is 43.2 Å². The predicted molar refractivity (Wildman–Crippen MR) is 119 cm³/mol. The first-order valence-electron chi connectivity index (χ1n) is 9.83. The van der Waals surface area contributed by atoms with E-state index in [0.29, 0.717) is 29.3 Å². The molecule has 8 heteroatoms. The fourth-order valence-corrected chi connectivity index (χ4v) is 4.45. The predicted octanol–water partition coefficient (Wildman–Crippen LogP) is 4.00. The molecule has 7 nitrogen and oxygen atoms in total. The van der Waals surface area contributed by atoms with Crippen molar-refractivity contribution in [3.63, 3.8) is 0 Å². The van der Waals surface area contributed by atoms with E-state index in [0.717, 1.165) is 16.1 Å². The summed E-state index contributed by atoms with van der Waals surface area (Å²) in [4.78, 5) is 44.6. The molecule has 1 N–H and O–H groups in total. The number of hydrogen-bond acceptors (Lipinski definition) is 6. The summed E-state index contributed by atoms with van der Waals surface area (Å²) >= 11 is 1.39. The number of anilines is 1. The van der Waals surface area contributed by atoms with E-state index < -0.39 is 0 Å². The molecule has 0 unspecified atom stereocenters. The average molecular weight is 436 g/mol. The summed E-state index contributed by atoms with van der Waals surface area (Å²) in [7, 11) is 1.57. The van der Waals surface area contributed by atoms with E-state index in [9.17, 15) is 14.4 Å². The van der Waals surface area contributed by atoms with Crippen molar-refractivity contribution in [3.05, 3.63) is 70.9 Å². The highest BCUT2D eigenvalue weighted by Gasteiger charge is 2.35. The Bertz CT molecular complexity index is 1160. The summed E-state index contributed by atoms with van der Waals surface area (Å²) in [6.07, 6.45) is 0.558. The monoisotopic (exact) mass is 435 g/mol. The lowest BCUT2D eigenvalue weighted by Gasteiger charge is -2.12. The average Bonchev–Trinajstić information content (AvgIpc) is 3.26. The number of hydrogen-bond donors (Lipinski definition) is 1. The first-order chi connectivity index (χ1) is 15.0. The minimum absolute atomic E-state index is 0.246. The van der Waals surface area contributed by atoms with Crippen molar-refractivity contribution in [2.75, 3.05) is 25.6 Å². The van der Waals surface area contributed by atoms with Gasteiger partial charge in [-0.15, -0.1) is 0 Å². The smallest absolute Gasteiger partial charge is 0.261 e. The number of rotatable bonds is 7. The molecule has 0 radical (unpaired) electrons. The lowest BCUT2D eigenvalue weighted by atomic mass is 10.1. The number of imide groups is 1. The minimum atomic E-state index is -0.387. The molecule has 1 aliphatic rings. The molecule has 0 atom stereocenters. The van der Waals surface area contributed by atoms with Crippen molar-refractivity contribution in [1.29, 1.82) is 0 Å². The van der Waals surface area contributed by atoms with Gasteiger partial charge in [0.25, 0.3) is 17.7 Å². The first kappa shape index (κ1) is 20.9. The fraction of sp³-hybridized carbons (Fsp3) is 0.217. The number of aryl methyl sites for hydroxylation is 1. The number of ether oxygens (including phenoxy) is 1. The number of carbonyl (C=O) groups excluding carboxylic acids is 3. The van der Waals surface area contributed by atoms with E-state index in [1.807, 2.05) is 37.3 Å². The van der Waals surface area contributed by atoms with Crippen molar-refractivity contribution in [1.82, 2.24) is 9.88 Å². The molecule has 31 heavy (non-hydrogen) atoms.